The molecule has 2 aliphatic heterocycles. The van der Waals surface area contributed by atoms with Gasteiger partial charge in [-0.15, -0.1) is 0 Å². The molecule has 0 spiro atoms. The maximum atomic E-state index is 13.0. The standard InChI is InChI=1S/C25H35N5O2/c1-20-23(21(2)30(26-20)22-10-6-5-7-11-22)18-24(31)29-16-14-27(15-17-29)19-25(32)28-12-8-3-4-9-13-28/h5-7,10-11H,3-4,8-9,12-19H2,1-2H3. The summed E-state index contributed by atoms with van der Waals surface area (Å²) in [6.45, 7) is 9.14. The molecule has 0 atom stereocenters. The van der Waals surface area contributed by atoms with Crippen LogP contribution in [0.5, 0.6) is 0 Å². The number of carbonyl (C=O) groups excluding carboxylic acids is 2. The average molecular weight is 438 g/mol. The zero-order chi connectivity index (χ0) is 22.5. The second kappa shape index (κ2) is 10.3. The van der Waals surface area contributed by atoms with E-state index < -0.39 is 0 Å². The van der Waals surface area contributed by atoms with Crippen LogP contribution in [0.25, 0.3) is 5.69 Å². The predicted molar refractivity (Wildman–Crippen MR) is 125 cm³/mol. The monoisotopic (exact) mass is 437 g/mol. The molecular formula is C25H35N5O2. The van der Waals surface area contributed by atoms with Crippen LogP contribution in [0, 0.1) is 13.8 Å². The lowest BCUT2D eigenvalue weighted by atomic mass is 10.1. The van der Waals surface area contributed by atoms with E-state index in [0.717, 1.165) is 61.7 Å². The van der Waals surface area contributed by atoms with Gasteiger partial charge in [0.25, 0.3) is 0 Å². The Hall–Kier alpha value is -2.67. The summed E-state index contributed by atoms with van der Waals surface area (Å²) in [5, 5.41) is 4.67. The summed E-state index contributed by atoms with van der Waals surface area (Å²) in [6, 6.07) is 10.0. The number of aryl methyl sites for hydroxylation is 1. The Kier molecular flexibility index (Phi) is 7.25. The van der Waals surface area contributed by atoms with Gasteiger partial charge in [-0.25, -0.2) is 4.68 Å². The minimum absolute atomic E-state index is 0.141. The molecule has 0 saturated carbocycles. The van der Waals surface area contributed by atoms with Crippen LogP contribution < -0.4 is 0 Å². The van der Waals surface area contributed by atoms with Crippen molar-refractivity contribution in [1.29, 1.82) is 0 Å². The van der Waals surface area contributed by atoms with E-state index in [2.05, 4.69) is 10.00 Å². The predicted octanol–water partition coefficient (Wildman–Crippen LogP) is 2.58. The molecule has 3 heterocycles. The number of aromatic nitrogens is 2. The summed E-state index contributed by atoms with van der Waals surface area (Å²) in [5.41, 5.74) is 3.94. The van der Waals surface area contributed by atoms with Crippen LogP contribution in [-0.2, 0) is 16.0 Å². The number of amides is 2. The summed E-state index contributed by atoms with van der Waals surface area (Å²) in [5.74, 6) is 0.383. The summed E-state index contributed by atoms with van der Waals surface area (Å²) in [4.78, 5) is 31.9. The number of hydrogen-bond donors (Lipinski definition) is 0. The highest BCUT2D eigenvalue weighted by atomic mass is 16.2. The van der Waals surface area contributed by atoms with Gasteiger partial charge in [0.05, 0.1) is 24.3 Å². The van der Waals surface area contributed by atoms with Gasteiger partial charge in [0, 0.05) is 50.5 Å². The first-order valence-corrected chi connectivity index (χ1v) is 11.9. The Morgan fingerprint density at radius 2 is 1.44 bits per heavy atom. The lowest BCUT2D eigenvalue weighted by Gasteiger charge is -2.35. The highest BCUT2D eigenvalue weighted by molar-refractivity contribution is 5.80. The number of carbonyl (C=O) groups is 2. The van der Waals surface area contributed by atoms with Crippen molar-refractivity contribution in [3.8, 4) is 5.69 Å². The van der Waals surface area contributed by atoms with E-state index in [-0.39, 0.29) is 11.8 Å². The van der Waals surface area contributed by atoms with Gasteiger partial charge in [-0.1, -0.05) is 31.0 Å². The molecule has 2 aromatic rings. The van der Waals surface area contributed by atoms with Gasteiger partial charge in [-0.2, -0.15) is 5.10 Å². The van der Waals surface area contributed by atoms with Gasteiger partial charge < -0.3 is 9.80 Å². The van der Waals surface area contributed by atoms with E-state index in [1.165, 1.54) is 12.8 Å². The quantitative estimate of drug-likeness (QED) is 0.721. The van der Waals surface area contributed by atoms with Crippen LogP contribution in [-0.4, -0.2) is 82.1 Å². The Morgan fingerprint density at radius 3 is 2.09 bits per heavy atom. The van der Waals surface area contributed by atoms with Crippen molar-refractivity contribution in [3.05, 3.63) is 47.3 Å². The lowest BCUT2D eigenvalue weighted by Crippen LogP contribution is -2.52. The third-order valence-corrected chi connectivity index (χ3v) is 6.81. The first-order valence-electron chi connectivity index (χ1n) is 11.9. The van der Waals surface area contributed by atoms with Crippen molar-refractivity contribution in [3.63, 3.8) is 0 Å². The van der Waals surface area contributed by atoms with Crippen LogP contribution in [0.15, 0.2) is 30.3 Å². The Labute approximate surface area is 191 Å². The highest BCUT2D eigenvalue weighted by Crippen LogP contribution is 2.19. The second-order valence-corrected chi connectivity index (χ2v) is 9.03. The molecule has 2 saturated heterocycles. The van der Waals surface area contributed by atoms with Gasteiger partial charge in [0.15, 0.2) is 0 Å². The summed E-state index contributed by atoms with van der Waals surface area (Å²) in [7, 11) is 0. The SMILES string of the molecule is Cc1nn(-c2ccccc2)c(C)c1CC(=O)N1CCN(CC(=O)N2CCCCCC2)CC1. The zero-order valence-electron chi connectivity index (χ0n) is 19.4. The van der Waals surface area contributed by atoms with Crippen molar-refractivity contribution in [2.45, 2.75) is 46.0 Å². The smallest absolute Gasteiger partial charge is 0.236 e. The van der Waals surface area contributed by atoms with Gasteiger partial charge >= 0.3 is 0 Å². The number of para-hydroxylation sites is 1. The van der Waals surface area contributed by atoms with Crippen molar-refractivity contribution >= 4 is 11.8 Å². The zero-order valence-corrected chi connectivity index (χ0v) is 19.4. The molecule has 0 N–H and O–H groups in total. The Bertz CT molecular complexity index is 923. The topological polar surface area (TPSA) is 61.7 Å². The normalized spacial score (nSPS) is 17.9. The molecule has 32 heavy (non-hydrogen) atoms. The number of benzene rings is 1. The van der Waals surface area contributed by atoms with Crippen molar-refractivity contribution in [2.75, 3.05) is 45.8 Å². The number of rotatable bonds is 5. The van der Waals surface area contributed by atoms with Gasteiger partial charge in [0.2, 0.25) is 11.8 Å². The molecule has 4 rings (SSSR count). The maximum absolute atomic E-state index is 13.0. The average Bonchev–Trinajstić information content (AvgIpc) is 2.99. The molecule has 1 aromatic heterocycles. The summed E-state index contributed by atoms with van der Waals surface area (Å²) < 4.78 is 1.92. The molecule has 0 unspecified atom stereocenters. The molecule has 2 fully saturated rings. The molecule has 0 bridgehead atoms. The largest absolute Gasteiger partial charge is 0.342 e. The van der Waals surface area contributed by atoms with Gasteiger partial charge in [-0.3, -0.25) is 14.5 Å². The van der Waals surface area contributed by atoms with E-state index >= 15 is 0 Å². The molecule has 7 nitrogen and oxygen atoms in total. The lowest BCUT2D eigenvalue weighted by molar-refractivity contribution is -0.134. The Balaban J connectivity index is 1.30. The van der Waals surface area contributed by atoms with Crippen LogP contribution in [0.2, 0.25) is 0 Å². The molecule has 0 aliphatic carbocycles. The van der Waals surface area contributed by atoms with E-state index in [0.29, 0.717) is 26.1 Å². The van der Waals surface area contributed by atoms with Crippen molar-refractivity contribution < 1.29 is 9.59 Å². The van der Waals surface area contributed by atoms with Gasteiger partial charge in [-0.05, 0) is 38.8 Å². The maximum Gasteiger partial charge on any atom is 0.236 e. The van der Waals surface area contributed by atoms with Crippen molar-refractivity contribution in [1.82, 2.24) is 24.5 Å². The number of piperazine rings is 1. The molecule has 7 heteroatoms. The Morgan fingerprint density at radius 1 is 0.812 bits per heavy atom. The number of hydrogen-bond acceptors (Lipinski definition) is 4. The van der Waals surface area contributed by atoms with E-state index in [9.17, 15) is 9.59 Å². The number of likely N-dealkylation sites (tertiary alicyclic amines) is 1. The third-order valence-electron chi connectivity index (χ3n) is 6.81. The van der Waals surface area contributed by atoms with Crippen molar-refractivity contribution in [2.24, 2.45) is 0 Å². The first-order chi connectivity index (χ1) is 15.5. The fourth-order valence-electron chi connectivity index (χ4n) is 4.78. The minimum atomic E-state index is 0.141. The fourth-order valence-corrected chi connectivity index (χ4v) is 4.78. The minimum Gasteiger partial charge on any atom is -0.342 e. The second-order valence-electron chi connectivity index (χ2n) is 9.03. The molecule has 2 aliphatic rings. The third kappa shape index (κ3) is 5.21. The molecule has 0 radical (unpaired) electrons. The fraction of sp³-hybridized carbons (Fsp3) is 0.560. The van der Waals surface area contributed by atoms with Gasteiger partial charge in [0.1, 0.15) is 0 Å². The van der Waals surface area contributed by atoms with E-state index in [4.69, 9.17) is 0 Å². The highest BCUT2D eigenvalue weighted by Gasteiger charge is 2.26. The first kappa shape index (κ1) is 22.5. The number of nitrogens with zero attached hydrogens (tertiary/aromatic N) is 5. The van der Waals surface area contributed by atoms with Crippen LogP contribution in [0.1, 0.15) is 42.6 Å². The summed E-state index contributed by atoms with van der Waals surface area (Å²) >= 11 is 0. The van der Waals surface area contributed by atoms with Crippen LogP contribution >= 0.6 is 0 Å². The summed E-state index contributed by atoms with van der Waals surface area (Å²) in [6.07, 6.45) is 5.07. The molecule has 172 valence electrons. The van der Waals surface area contributed by atoms with Crippen LogP contribution in [0.4, 0.5) is 0 Å². The molecule has 2 amide bonds. The van der Waals surface area contributed by atoms with E-state index in [1.807, 2.05) is 58.7 Å². The van der Waals surface area contributed by atoms with E-state index in [1.54, 1.807) is 0 Å². The molecular weight excluding hydrogens is 402 g/mol. The molecule has 1 aromatic carbocycles. The van der Waals surface area contributed by atoms with Crippen LogP contribution in [0.3, 0.4) is 0 Å².